The van der Waals surface area contributed by atoms with Gasteiger partial charge in [-0.3, -0.25) is 19.6 Å². The third kappa shape index (κ3) is 11.2. The minimum atomic E-state index is -1.08. The van der Waals surface area contributed by atoms with Gasteiger partial charge in [0.2, 0.25) is 0 Å². The zero-order valence-corrected chi connectivity index (χ0v) is 41.7. The number of aromatic nitrogens is 4. The molecule has 8 bridgehead atoms. The lowest BCUT2D eigenvalue weighted by molar-refractivity contribution is -0.144. The number of methoxy groups -OCH3 is 1. The largest absolute Gasteiger partial charge is 0.512 e. The highest BCUT2D eigenvalue weighted by molar-refractivity contribution is 5.96. The van der Waals surface area contributed by atoms with Crippen LogP contribution in [0.25, 0.3) is 33.6 Å². The summed E-state index contributed by atoms with van der Waals surface area (Å²) in [5, 5.41) is 24.2. The number of aromatic amines is 2. The fraction of sp³-hybridized carbons (Fsp3) is 0.636. The van der Waals surface area contributed by atoms with Crippen LogP contribution < -0.4 is 10.4 Å². The van der Waals surface area contributed by atoms with E-state index in [0.717, 1.165) is 87.0 Å². The molecule has 0 fully saturated rings. The van der Waals surface area contributed by atoms with Crippen molar-refractivity contribution in [1.82, 2.24) is 19.9 Å². The molecule has 1 aliphatic carbocycles. The van der Waals surface area contributed by atoms with Crippen LogP contribution >= 0.6 is 0 Å². The van der Waals surface area contributed by atoms with E-state index in [2.05, 4.69) is 77.5 Å². The van der Waals surface area contributed by atoms with Gasteiger partial charge in [0, 0.05) is 74.2 Å². The molecule has 0 radical (unpaired) electrons. The molecular formula is C55H80N4O6. The molecule has 3 aliphatic rings. The van der Waals surface area contributed by atoms with Crippen LogP contribution in [0.4, 0.5) is 0 Å². The predicted molar refractivity (Wildman–Crippen MR) is 264 cm³/mol. The number of rotatable bonds is 20. The average Bonchev–Trinajstić information content (AvgIpc) is 4.00. The van der Waals surface area contributed by atoms with Crippen molar-refractivity contribution in [3.05, 3.63) is 68.1 Å². The van der Waals surface area contributed by atoms with Crippen molar-refractivity contribution in [2.75, 3.05) is 13.7 Å². The molecule has 356 valence electrons. The number of hydrogen-bond donors (Lipinski definition) is 4. The van der Waals surface area contributed by atoms with Gasteiger partial charge in [0.1, 0.15) is 11.7 Å². The maximum atomic E-state index is 13.7. The van der Waals surface area contributed by atoms with E-state index in [1.807, 2.05) is 19.9 Å². The zero-order valence-electron chi connectivity index (χ0n) is 41.7. The van der Waals surface area contributed by atoms with Crippen molar-refractivity contribution in [3.63, 3.8) is 0 Å². The molecule has 1 unspecified atom stereocenters. The lowest BCUT2D eigenvalue weighted by Gasteiger charge is -2.19. The SMILES string of the molecule is CC[C@H]1c2cc3[nH]c4c(c5nc(cc6[nH]c(cc(n2)[C@@H]1C)/c(=C(\C)O)c6C)[C@@H](C)[C@@H]5CCC(=O)OCCC(C)CCC[C@H](C)CCC[C@@H](C)CCCC(C)C)[C@@H](C(=O)OC)C(O)=c4c3C. The molecule has 0 saturated carbocycles. The number of aliphatic hydroxyl groups is 2. The minimum Gasteiger partial charge on any atom is -0.512 e. The van der Waals surface area contributed by atoms with Crippen LogP contribution in [0.2, 0.25) is 0 Å². The summed E-state index contributed by atoms with van der Waals surface area (Å²) in [6.45, 7) is 24.2. The van der Waals surface area contributed by atoms with Crippen molar-refractivity contribution in [2.45, 2.75) is 189 Å². The molecule has 5 heterocycles. The molecule has 10 heteroatoms. The summed E-state index contributed by atoms with van der Waals surface area (Å²) in [6, 6.07) is 6.14. The molecule has 65 heavy (non-hydrogen) atoms. The standard InChI is InChI=1S/C55H80N4O6/c1-13-39-34(7)41-29-46-48(38(11)60)36(9)43(57-46)27-42-35(8)40(52(58-42)50-51(55(63)64-12)54(62)49-37(10)44(59-53(49)50)28-45(39)56-41)23-24-47(61)65-26-25-33(6)22-16-21-32(5)20-15-19-31(4)18-14-17-30(2)3/h27-35,39-40,51,57,59-60,62H,13-26H2,1-12H3/b42-27?,45-28?,46-29?,48-38+/t31-,32+,33?,34+,35-,39+,40-,51+/m0/s1. The number of H-pyrrole nitrogens is 2. The Kier molecular flexibility index (Phi) is 16.7. The molecule has 6 rings (SSSR count). The molecule has 8 atom stereocenters. The van der Waals surface area contributed by atoms with Gasteiger partial charge in [-0.1, -0.05) is 113 Å². The van der Waals surface area contributed by atoms with Crippen LogP contribution in [0.1, 0.15) is 215 Å². The van der Waals surface area contributed by atoms with Gasteiger partial charge in [0.05, 0.1) is 36.2 Å². The summed E-state index contributed by atoms with van der Waals surface area (Å²) >= 11 is 0. The Bertz CT molecular complexity index is 2480. The molecule has 10 nitrogen and oxygen atoms in total. The van der Waals surface area contributed by atoms with Crippen LogP contribution in [-0.2, 0) is 19.1 Å². The van der Waals surface area contributed by atoms with Crippen molar-refractivity contribution in [1.29, 1.82) is 0 Å². The van der Waals surface area contributed by atoms with E-state index in [1.165, 1.54) is 58.5 Å². The quantitative estimate of drug-likeness (QED) is 0.0819. The highest BCUT2D eigenvalue weighted by Gasteiger charge is 2.42. The number of nitrogens with zero attached hydrogens (tertiary/aromatic N) is 2. The summed E-state index contributed by atoms with van der Waals surface area (Å²) in [5.74, 6) is 0.918. The maximum Gasteiger partial charge on any atom is 0.321 e. The van der Waals surface area contributed by atoms with E-state index in [9.17, 15) is 19.8 Å². The Morgan fingerprint density at radius 3 is 1.91 bits per heavy atom. The molecule has 0 aromatic carbocycles. The molecule has 0 spiro atoms. The van der Waals surface area contributed by atoms with Gasteiger partial charge in [-0.25, -0.2) is 0 Å². The number of carbonyl (C=O) groups is 2. The average molecular weight is 893 g/mol. The number of nitrogens with one attached hydrogen (secondary N) is 2. The van der Waals surface area contributed by atoms with Crippen molar-refractivity contribution >= 4 is 45.5 Å². The Morgan fingerprint density at radius 1 is 0.754 bits per heavy atom. The summed E-state index contributed by atoms with van der Waals surface area (Å²) < 4.78 is 11.2. The van der Waals surface area contributed by atoms with E-state index in [-0.39, 0.29) is 47.6 Å². The first-order chi connectivity index (χ1) is 30.9. The van der Waals surface area contributed by atoms with Crippen LogP contribution in [0.3, 0.4) is 0 Å². The van der Waals surface area contributed by atoms with Crippen molar-refractivity contribution < 1.29 is 29.3 Å². The molecule has 0 saturated heterocycles. The lowest BCUT2D eigenvalue weighted by Crippen LogP contribution is -2.18. The molecule has 3 aromatic rings. The van der Waals surface area contributed by atoms with E-state index in [0.29, 0.717) is 40.9 Å². The topological polar surface area (TPSA) is 150 Å². The van der Waals surface area contributed by atoms with Gasteiger partial charge >= 0.3 is 11.9 Å². The number of ether oxygens (including phenoxy) is 2. The highest BCUT2D eigenvalue weighted by atomic mass is 16.5. The van der Waals surface area contributed by atoms with Gasteiger partial charge < -0.3 is 29.7 Å². The smallest absolute Gasteiger partial charge is 0.321 e. The fourth-order valence-corrected chi connectivity index (χ4v) is 11.0. The Balaban J connectivity index is 1.23. The summed E-state index contributed by atoms with van der Waals surface area (Å²) in [7, 11) is 1.33. The maximum absolute atomic E-state index is 13.7. The molecule has 2 aliphatic heterocycles. The van der Waals surface area contributed by atoms with Gasteiger partial charge in [0.15, 0.2) is 0 Å². The Labute approximate surface area is 388 Å². The Morgan fingerprint density at radius 2 is 1.31 bits per heavy atom. The molecule has 3 aromatic heterocycles. The van der Waals surface area contributed by atoms with Crippen molar-refractivity contribution in [3.8, 4) is 0 Å². The van der Waals surface area contributed by atoms with Gasteiger partial charge in [-0.2, -0.15) is 0 Å². The molecular weight excluding hydrogens is 813 g/mol. The first-order valence-corrected chi connectivity index (χ1v) is 25.1. The van der Waals surface area contributed by atoms with Crippen LogP contribution in [0.5, 0.6) is 0 Å². The van der Waals surface area contributed by atoms with Gasteiger partial charge in [-0.15, -0.1) is 0 Å². The fourth-order valence-electron chi connectivity index (χ4n) is 11.0. The summed E-state index contributed by atoms with van der Waals surface area (Å²) in [4.78, 5) is 44.8. The summed E-state index contributed by atoms with van der Waals surface area (Å²) in [5.41, 5.74) is 8.55. The normalized spacial score (nSPS) is 21.1. The number of hydrogen-bond acceptors (Lipinski definition) is 8. The third-order valence-electron chi connectivity index (χ3n) is 15.3. The van der Waals surface area contributed by atoms with Crippen LogP contribution in [0.15, 0.2) is 18.2 Å². The summed E-state index contributed by atoms with van der Waals surface area (Å²) in [6.07, 6.45) is 13.9. The number of esters is 2. The molecule has 4 N–H and O–H groups in total. The number of aliphatic hydroxyl groups excluding tert-OH is 2. The van der Waals surface area contributed by atoms with Gasteiger partial charge in [-0.05, 0) is 93.0 Å². The van der Waals surface area contributed by atoms with Gasteiger partial charge in [0.25, 0.3) is 0 Å². The zero-order chi connectivity index (χ0) is 47.3. The van der Waals surface area contributed by atoms with E-state index < -0.39 is 11.9 Å². The number of carbonyl (C=O) groups excluding carboxylic acids is 2. The second-order valence-corrected chi connectivity index (χ2v) is 20.8. The lowest BCUT2D eigenvalue weighted by atomic mass is 9.84. The third-order valence-corrected chi connectivity index (χ3v) is 15.3. The van der Waals surface area contributed by atoms with Crippen LogP contribution in [0, 0.1) is 37.5 Å². The van der Waals surface area contributed by atoms with E-state index in [1.54, 1.807) is 6.92 Å². The second kappa shape index (κ2) is 21.8. The minimum absolute atomic E-state index is 0.0683. The van der Waals surface area contributed by atoms with E-state index in [4.69, 9.17) is 19.4 Å². The van der Waals surface area contributed by atoms with Crippen LogP contribution in [-0.4, -0.2) is 55.8 Å². The highest BCUT2D eigenvalue weighted by Crippen LogP contribution is 2.46. The Hall–Kier alpha value is -4.60. The number of aryl methyl sites for hydroxylation is 2. The van der Waals surface area contributed by atoms with Crippen molar-refractivity contribution in [2.24, 2.45) is 23.7 Å². The second-order valence-electron chi connectivity index (χ2n) is 20.8. The monoisotopic (exact) mass is 893 g/mol. The number of fused-ring (bicyclic) bond motifs is 8. The predicted octanol–water partition coefficient (Wildman–Crippen LogP) is 12.5. The van der Waals surface area contributed by atoms with E-state index >= 15 is 0 Å². The first kappa shape index (κ1) is 49.8. The molecule has 0 amide bonds. The first-order valence-electron chi connectivity index (χ1n) is 25.1.